The zero-order chi connectivity index (χ0) is 18.0. The minimum Gasteiger partial charge on any atom is -0.206 e. The second kappa shape index (κ2) is 7.09. The number of halogens is 4. The molecule has 3 rings (SSSR count). The van der Waals surface area contributed by atoms with E-state index in [4.69, 9.17) is 0 Å². The van der Waals surface area contributed by atoms with Crippen LogP contribution in [0.4, 0.5) is 17.6 Å². The predicted molar refractivity (Wildman–Crippen MR) is 90.3 cm³/mol. The second-order valence-corrected chi connectivity index (χ2v) is 6.05. The first-order chi connectivity index (χ1) is 11.9. The Morgan fingerprint density at radius 2 is 1.24 bits per heavy atom. The molecule has 4 heteroatoms. The minimum absolute atomic E-state index is 0.273. The summed E-state index contributed by atoms with van der Waals surface area (Å²) in [5.41, 5.74) is 3.49. The van der Waals surface area contributed by atoms with Gasteiger partial charge in [-0.05, 0) is 60.2 Å². The lowest BCUT2D eigenvalue weighted by Gasteiger charge is -2.07. The topological polar surface area (TPSA) is 0 Å². The summed E-state index contributed by atoms with van der Waals surface area (Å²) in [7, 11) is 0. The van der Waals surface area contributed by atoms with E-state index >= 15 is 0 Å². The van der Waals surface area contributed by atoms with Gasteiger partial charge in [0.05, 0.1) is 0 Å². The first-order valence-corrected chi connectivity index (χ1v) is 7.93. The lowest BCUT2D eigenvalue weighted by atomic mass is 9.99. The van der Waals surface area contributed by atoms with Crippen LogP contribution in [0.5, 0.6) is 0 Å². The highest BCUT2D eigenvalue weighted by atomic mass is 19.2. The molecule has 128 valence electrons. The van der Waals surface area contributed by atoms with Crippen molar-refractivity contribution in [2.75, 3.05) is 0 Å². The maximum Gasteiger partial charge on any atom is 0.194 e. The van der Waals surface area contributed by atoms with Gasteiger partial charge in [-0.2, -0.15) is 0 Å². The molecule has 0 saturated carbocycles. The molecule has 0 unspecified atom stereocenters. The molecular weight excluding hydrogens is 328 g/mol. The zero-order valence-electron chi connectivity index (χ0n) is 13.6. The average Bonchev–Trinajstić information content (AvgIpc) is 2.58. The summed E-state index contributed by atoms with van der Waals surface area (Å²) in [4.78, 5) is 0. The van der Waals surface area contributed by atoms with Gasteiger partial charge in [-0.1, -0.05) is 36.4 Å². The fourth-order valence-corrected chi connectivity index (χ4v) is 2.75. The number of aryl methyl sites for hydroxylation is 3. The van der Waals surface area contributed by atoms with E-state index in [9.17, 15) is 17.6 Å². The molecule has 0 fully saturated rings. The van der Waals surface area contributed by atoms with Gasteiger partial charge in [0, 0.05) is 5.56 Å². The lowest BCUT2D eigenvalue weighted by Crippen LogP contribution is -1.97. The monoisotopic (exact) mass is 344 g/mol. The van der Waals surface area contributed by atoms with E-state index in [1.807, 2.05) is 37.3 Å². The van der Waals surface area contributed by atoms with E-state index in [1.54, 1.807) is 6.07 Å². The van der Waals surface area contributed by atoms with E-state index in [0.717, 1.165) is 28.8 Å². The highest BCUT2D eigenvalue weighted by molar-refractivity contribution is 5.64. The molecule has 0 aliphatic carbocycles. The van der Waals surface area contributed by atoms with E-state index in [0.29, 0.717) is 24.0 Å². The van der Waals surface area contributed by atoms with Crippen molar-refractivity contribution in [2.45, 2.75) is 19.8 Å². The molecule has 0 N–H and O–H groups in total. The summed E-state index contributed by atoms with van der Waals surface area (Å²) in [6.45, 7) is 1.83. The molecule has 0 amide bonds. The van der Waals surface area contributed by atoms with Crippen LogP contribution < -0.4 is 0 Å². The third kappa shape index (κ3) is 3.90. The standard InChI is InChI=1S/C21H16F4/c1-13-2-9-17(18(22)10-13)16-7-5-14(6-8-16)3-4-15-11-19(23)21(25)20(24)12-15/h2,5-12H,3-4H2,1H3. The van der Waals surface area contributed by atoms with Crippen LogP contribution in [0, 0.1) is 30.2 Å². The normalized spacial score (nSPS) is 10.9. The van der Waals surface area contributed by atoms with Gasteiger partial charge in [0.2, 0.25) is 0 Å². The first-order valence-electron chi connectivity index (χ1n) is 7.93. The SMILES string of the molecule is Cc1ccc(-c2ccc(CCc3cc(F)c(F)c(F)c3)cc2)c(F)c1. The fraction of sp³-hybridized carbons (Fsp3) is 0.143. The third-order valence-corrected chi connectivity index (χ3v) is 4.14. The third-order valence-electron chi connectivity index (χ3n) is 4.14. The van der Waals surface area contributed by atoms with Gasteiger partial charge in [0.25, 0.3) is 0 Å². The number of hydrogen-bond donors (Lipinski definition) is 0. The molecule has 0 nitrogen and oxygen atoms in total. The van der Waals surface area contributed by atoms with E-state index in [2.05, 4.69) is 0 Å². The summed E-state index contributed by atoms with van der Waals surface area (Å²) in [5, 5.41) is 0. The molecule has 0 aliphatic heterocycles. The molecule has 3 aromatic carbocycles. The van der Waals surface area contributed by atoms with Crippen molar-refractivity contribution in [1.82, 2.24) is 0 Å². The predicted octanol–water partition coefficient (Wildman–Crippen LogP) is 6.00. The van der Waals surface area contributed by atoms with Crippen LogP contribution >= 0.6 is 0 Å². The molecule has 25 heavy (non-hydrogen) atoms. The Morgan fingerprint density at radius 3 is 1.84 bits per heavy atom. The van der Waals surface area contributed by atoms with Crippen LogP contribution in [0.3, 0.4) is 0 Å². The van der Waals surface area contributed by atoms with Crippen LogP contribution in [0.15, 0.2) is 54.6 Å². The molecule has 0 radical (unpaired) electrons. The molecule has 0 heterocycles. The van der Waals surface area contributed by atoms with Crippen molar-refractivity contribution in [3.8, 4) is 11.1 Å². The van der Waals surface area contributed by atoms with Crippen molar-refractivity contribution in [2.24, 2.45) is 0 Å². The van der Waals surface area contributed by atoms with Crippen LogP contribution in [-0.2, 0) is 12.8 Å². The van der Waals surface area contributed by atoms with Crippen LogP contribution in [0.1, 0.15) is 16.7 Å². The molecule has 0 atom stereocenters. The van der Waals surface area contributed by atoms with Gasteiger partial charge in [-0.25, -0.2) is 17.6 Å². The van der Waals surface area contributed by atoms with Gasteiger partial charge in [0.15, 0.2) is 17.5 Å². The highest BCUT2D eigenvalue weighted by Gasteiger charge is 2.10. The Morgan fingerprint density at radius 1 is 0.640 bits per heavy atom. The van der Waals surface area contributed by atoms with Crippen LogP contribution in [0.25, 0.3) is 11.1 Å². The molecule has 0 bridgehead atoms. The quantitative estimate of drug-likeness (QED) is 0.402. The lowest BCUT2D eigenvalue weighted by molar-refractivity contribution is 0.445. The van der Waals surface area contributed by atoms with Crippen molar-refractivity contribution in [3.05, 3.63) is 94.6 Å². The Kier molecular flexibility index (Phi) is 4.88. The number of hydrogen-bond acceptors (Lipinski definition) is 0. The van der Waals surface area contributed by atoms with Gasteiger partial charge in [0.1, 0.15) is 5.82 Å². The highest BCUT2D eigenvalue weighted by Crippen LogP contribution is 2.24. The minimum atomic E-state index is -1.45. The maximum atomic E-state index is 14.0. The van der Waals surface area contributed by atoms with E-state index in [1.165, 1.54) is 6.07 Å². The number of rotatable bonds is 4. The van der Waals surface area contributed by atoms with Crippen molar-refractivity contribution in [3.63, 3.8) is 0 Å². The van der Waals surface area contributed by atoms with Gasteiger partial charge < -0.3 is 0 Å². The largest absolute Gasteiger partial charge is 0.206 e. The molecule has 0 aliphatic rings. The molecular formula is C21H16F4. The Hall–Kier alpha value is -2.62. The second-order valence-electron chi connectivity index (χ2n) is 6.05. The summed E-state index contributed by atoms with van der Waals surface area (Å²) in [6, 6.07) is 14.4. The summed E-state index contributed by atoms with van der Waals surface area (Å²) >= 11 is 0. The van der Waals surface area contributed by atoms with Gasteiger partial charge in [-0.3, -0.25) is 0 Å². The Labute approximate surface area is 143 Å². The van der Waals surface area contributed by atoms with Crippen molar-refractivity contribution < 1.29 is 17.6 Å². The molecule has 0 spiro atoms. The molecule has 0 aromatic heterocycles. The van der Waals surface area contributed by atoms with Crippen molar-refractivity contribution >= 4 is 0 Å². The smallest absolute Gasteiger partial charge is 0.194 e. The van der Waals surface area contributed by atoms with Crippen LogP contribution in [-0.4, -0.2) is 0 Å². The first kappa shape index (κ1) is 17.2. The number of benzene rings is 3. The Bertz CT molecular complexity index is 875. The summed E-state index contributed by atoms with van der Waals surface area (Å²) < 4.78 is 53.4. The van der Waals surface area contributed by atoms with Crippen molar-refractivity contribution in [1.29, 1.82) is 0 Å². The van der Waals surface area contributed by atoms with Gasteiger partial charge >= 0.3 is 0 Å². The molecule has 0 saturated heterocycles. The maximum absolute atomic E-state index is 14.0. The summed E-state index contributed by atoms with van der Waals surface area (Å²) in [5.74, 6) is -4.08. The molecule has 3 aromatic rings. The summed E-state index contributed by atoms with van der Waals surface area (Å²) in [6.07, 6.45) is 0.924. The Balaban J connectivity index is 1.73. The van der Waals surface area contributed by atoms with Gasteiger partial charge in [-0.15, -0.1) is 0 Å². The van der Waals surface area contributed by atoms with E-state index in [-0.39, 0.29) is 5.82 Å². The fourth-order valence-electron chi connectivity index (χ4n) is 2.75. The zero-order valence-corrected chi connectivity index (χ0v) is 13.6. The average molecular weight is 344 g/mol. The van der Waals surface area contributed by atoms with E-state index < -0.39 is 17.5 Å². The van der Waals surface area contributed by atoms with Crippen LogP contribution in [0.2, 0.25) is 0 Å².